The van der Waals surface area contributed by atoms with Gasteiger partial charge in [0.15, 0.2) is 0 Å². The van der Waals surface area contributed by atoms with Gasteiger partial charge in [-0.1, -0.05) is 30.3 Å². The molecule has 1 aliphatic rings. The number of tetrazole rings is 1. The number of nitrogens with one attached hydrogen (secondary N) is 4. The van der Waals surface area contributed by atoms with E-state index in [-0.39, 0.29) is 49.2 Å². The van der Waals surface area contributed by atoms with Crippen molar-refractivity contribution in [2.45, 2.75) is 45.1 Å². The number of carbonyl (C=O) groups excluding carboxylic acids is 3. The number of aliphatic hydroxyl groups is 1. The average Bonchev–Trinajstić information content (AvgIpc) is 3.63. The number of aromatic nitrogens is 4. The third-order valence-electron chi connectivity index (χ3n) is 8.53. The third kappa shape index (κ3) is 9.22. The van der Waals surface area contributed by atoms with Gasteiger partial charge in [-0.15, -0.1) is 22.6 Å². The summed E-state index contributed by atoms with van der Waals surface area (Å²) in [5.41, 5.74) is 11.5. The minimum Gasteiger partial charge on any atom is -0.395 e. The zero-order valence-electron chi connectivity index (χ0n) is 26.2. The predicted octanol–water partition coefficient (Wildman–Crippen LogP) is 3.42. The van der Waals surface area contributed by atoms with Crippen molar-refractivity contribution in [3.05, 3.63) is 83.4 Å². The Labute approximate surface area is 279 Å². The lowest BCUT2D eigenvalue weighted by atomic mass is 9.81. The molecule has 3 aromatic carbocycles. The summed E-state index contributed by atoms with van der Waals surface area (Å²) < 4.78 is 0. The van der Waals surface area contributed by atoms with Gasteiger partial charge in [0.1, 0.15) is 6.04 Å². The molecule has 47 heavy (non-hydrogen) atoms. The highest BCUT2D eigenvalue weighted by molar-refractivity contribution is 5.98. The van der Waals surface area contributed by atoms with Crippen LogP contribution in [0.3, 0.4) is 0 Å². The molecule has 0 bridgehead atoms. The monoisotopic (exact) mass is 660 g/mol. The molecule has 5 rings (SSSR count). The highest BCUT2D eigenvalue weighted by Gasteiger charge is 2.29. The standard InChI is InChI=1S/C34H40N8O4.ClH/c1-21-18-27(32(44)36-16-17-43)12-15-29(21)24-6-2-22(3-7-24)19-30(38-33(45)26-8-4-23(20-35)5-9-26)34(46)37-28-13-10-25(11-14-28)31-39-41-42-40-31;/h2-3,6-7,10-15,18,23,26,30,43H,4-5,8-9,16-17,19-20,35H2,1H3,(H,36,44)(H,37,46)(H,38,45)(H,39,40,41,42);1H/t23?,26?,30-;/m0./s1. The van der Waals surface area contributed by atoms with Crippen LogP contribution in [0, 0.1) is 18.8 Å². The van der Waals surface area contributed by atoms with Gasteiger partial charge in [-0.25, -0.2) is 0 Å². The first-order chi connectivity index (χ1) is 22.3. The van der Waals surface area contributed by atoms with Gasteiger partial charge in [0.05, 0.1) is 6.61 Å². The number of amides is 3. The summed E-state index contributed by atoms with van der Waals surface area (Å²) in [7, 11) is 0. The van der Waals surface area contributed by atoms with Crippen LogP contribution in [-0.2, 0) is 16.0 Å². The van der Waals surface area contributed by atoms with E-state index in [0.29, 0.717) is 36.0 Å². The van der Waals surface area contributed by atoms with E-state index in [1.54, 1.807) is 30.3 Å². The Balaban J connectivity index is 0.00000500. The first kappa shape index (κ1) is 35.2. The van der Waals surface area contributed by atoms with Gasteiger partial charge in [0, 0.05) is 35.7 Å². The highest BCUT2D eigenvalue weighted by Crippen LogP contribution is 2.29. The van der Waals surface area contributed by atoms with Crippen LogP contribution in [0.1, 0.15) is 47.2 Å². The molecule has 13 heteroatoms. The molecule has 4 aromatic rings. The predicted molar refractivity (Wildman–Crippen MR) is 182 cm³/mol. The summed E-state index contributed by atoms with van der Waals surface area (Å²) in [6, 6.07) is 19.6. The second kappa shape index (κ2) is 16.8. The third-order valence-corrected chi connectivity index (χ3v) is 8.53. The smallest absolute Gasteiger partial charge is 0.251 e. The number of nitrogens with zero attached hydrogens (tertiary/aromatic N) is 3. The first-order valence-corrected chi connectivity index (χ1v) is 15.6. The Morgan fingerprint density at radius 1 is 0.979 bits per heavy atom. The van der Waals surface area contributed by atoms with Crippen LogP contribution in [0.4, 0.5) is 5.69 Å². The molecule has 12 nitrogen and oxygen atoms in total. The van der Waals surface area contributed by atoms with Gasteiger partial charge < -0.3 is 26.8 Å². The van der Waals surface area contributed by atoms with Crippen molar-refractivity contribution in [1.29, 1.82) is 0 Å². The lowest BCUT2D eigenvalue weighted by Crippen LogP contribution is -2.48. The Hall–Kier alpha value is -4.65. The van der Waals surface area contributed by atoms with E-state index in [0.717, 1.165) is 53.5 Å². The maximum Gasteiger partial charge on any atom is 0.251 e. The van der Waals surface area contributed by atoms with Crippen molar-refractivity contribution < 1.29 is 19.5 Å². The zero-order valence-corrected chi connectivity index (χ0v) is 27.1. The van der Waals surface area contributed by atoms with Gasteiger partial charge >= 0.3 is 0 Å². The molecule has 0 aliphatic heterocycles. The zero-order chi connectivity index (χ0) is 32.5. The molecule has 0 radical (unpaired) electrons. The Bertz CT molecular complexity index is 1620. The minimum atomic E-state index is -0.791. The Morgan fingerprint density at radius 3 is 2.30 bits per heavy atom. The number of hydrogen-bond donors (Lipinski definition) is 6. The molecule has 1 saturated carbocycles. The number of aliphatic hydroxyl groups excluding tert-OH is 1. The number of aryl methyl sites for hydroxylation is 1. The van der Waals surface area contributed by atoms with E-state index < -0.39 is 6.04 Å². The topological polar surface area (TPSA) is 188 Å². The molecule has 0 saturated heterocycles. The van der Waals surface area contributed by atoms with E-state index in [1.807, 2.05) is 43.3 Å². The summed E-state index contributed by atoms with van der Waals surface area (Å²) in [6.07, 6.45) is 3.64. The van der Waals surface area contributed by atoms with Crippen molar-refractivity contribution in [3.63, 3.8) is 0 Å². The number of hydrogen-bond acceptors (Lipinski definition) is 8. The first-order valence-electron chi connectivity index (χ1n) is 15.6. The van der Waals surface area contributed by atoms with Crippen LogP contribution in [-0.4, -0.2) is 69.2 Å². The maximum atomic E-state index is 13.6. The summed E-state index contributed by atoms with van der Waals surface area (Å²) in [5.74, 6) is 0.0858. The van der Waals surface area contributed by atoms with Crippen LogP contribution in [0.2, 0.25) is 0 Å². The van der Waals surface area contributed by atoms with Crippen LogP contribution in [0.5, 0.6) is 0 Å². The second-order valence-electron chi connectivity index (χ2n) is 11.7. The number of aromatic amines is 1. The number of anilines is 1. The number of halogens is 1. The Kier molecular flexibility index (Phi) is 12.6. The van der Waals surface area contributed by atoms with Crippen LogP contribution in [0.15, 0.2) is 66.7 Å². The highest BCUT2D eigenvalue weighted by atomic mass is 35.5. The number of rotatable bonds is 12. The summed E-state index contributed by atoms with van der Waals surface area (Å²) in [5, 5.41) is 31.6. The van der Waals surface area contributed by atoms with E-state index in [4.69, 9.17) is 10.8 Å². The largest absolute Gasteiger partial charge is 0.395 e. The molecule has 1 fully saturated rings. The summed E-state index contributed by atoms with van der Waals surface area (Å²) in [4.78, 5) is 39.2. The lowest BCUT2D eigenvalue weighted by molar-refractivity contribution is -0.130. The van der Waals surface area contributed by atoms with Gasteiger partial charge in [-0.05, 0) is 109 Å². The van der Waals surface area contributed by atoms with E-state index in [1.165, 1.54) is 0 Å². The normalized spacial score (nSPS) is 16.4. The molecular formula is C34H41ClN8O4. The molecule has 1 aliphatic carbocycles. The number of carbonyl (C=O) groups is 3. The van der Waals surface area contributed by atoms with Crippen LogP contribution >= 0.6 is 12.4 Å². The number of nitrogens with two attached hydrogens (primary N) is 1. The van der Waals surface area contributed by atoms with Crippen molar-refractivity contribution in [3.8, 4) is 22.5 Å². The minimum absolute atomic E-state index is 0. The second-order valence-corrected chi connectivity index (χ2v) is 11.7. The molecule has 3 amide bonds. The molecule has 1 atom stereocenters. The average molecular weight is 661 g/mol. The number of benzene rings is 3. The van der Waals surface area contributed by atoms with Gasteiger partial charge in [-0.3, -0.25) is 14.4 Å². The fourth-order valence-corrected chi connectivity index (χ4v) is 5.83. The van der Waals surface area contributed by atoms with Crippen LogP contribution in [0.25, 0.3) is 22.5 Å². The van der Waals surface area contributed by atoms with Crippen molar-refractivity contribution in [2.24, 2.45) is 17.6 Å². The molecule has 1 aromatic heterocycles. The number of H-pyrrole nitrogens is 1. The summed E-state index contributed by atoms with van der Waals surface area (Å²) >= 11 is 0. The molecule has 7 N–H and O–H groups in total. The lowest BCUT2D eigenvalue weighted by Gasteiger charge is -2.28. The van der Waals surface area contributed by atoms with Crippen LogP contribution < -0.4 is 21.7 Å². The van der Waals surface area contributed by atoms with E-state index >= 15 is 0 Å². The van der Waals surface area contributed by atoms with Gasteiger partial charge in [0.25, 0.3) is 5.91 Å². The van der Waals surface area contributed by atoms with E-state index in [9.17, 15) is 14.4 Å². The molecule has 248 valence electrons. The van der Waals surface area contributed by atoms with Gasteiger partial charge in [-0.2, -0.15) is 5.21 Å². The van der Waals surface area contributed by atoms with Crippen molar-refractivity contribution in [1.82, 2.24) is 31.3 Å². The molecular weight excluding hydrogens is 620 g/mol. The van der Waals surface area contributed by atoms with E-state index in [2.05, 4.69) is 36.6 Å². The fourth-order valence-electron chi connectivity index (χ4n) is 5.83. The molecule has 1 heterocycles. The van der Waals surface area contributed by atoms with Crippen molar-refractivity contribution in [2.75, 3.05) is 25.0 Å². The quantitative estimate of drug-likeness (QED) is 0.133. The van der Waals surface area contributed by atoms with Crippen molar-refractivity contribution >= 4 is 35.8 Å². The molecule has 0 spiro atoms. The maximum absolute atomic E-state index is 13.6. The summed E-state index contributed by atoms with van der Waals surface area (Å²) in [6.45, 7) is 2.65. The Morgan fingerprint density at radius 2 is 1.68 bits per heavy atom. The molecule has 0 unspecified atom stereocenters. The fraction of sp³-hybridized carbons (Fsp3) is 0.353. The SMILES string of the molecule is Cc1cc(C(=O)NCCO)ccc1-c1ccc(C[C@H](NC(=O)C2CCC(CN)CC2)C(=O)Nc2ccc(-c3nn[nH]n3)cc2)cc1.Cl. The van der Waals surface area contributed by atoms with Gasteiger partial charge in [0.2, 0.25) is 17.6 Å².